The van der Waals surface area contributed by atoms with Crippen molar-refractivity contribution in [3.05, 3.63) is 35.9 Å². The van der Waals surface area contributed by atoms with Gasteiger partial charge >= 0.3 is 6.18 Å². The van der Waals surface area contributed by atoms with E-state index in [2.05, 4.69) is 0 Å². The molecule has 0 aliphatic carbocycles. The molecule has 0 aromatic heterocycles. The van der Waals surface area contributed by atoms with Crippen LogP contribution in [0.1, 0.15) is 18.9 Å². The van der Waals surface area contributed by atoms with Crippen LogP contribution in [0.2, 0.25) is 0 Å². The summed E-state index contributed by atoms with van der Waals surface area (Å²) >= 11 is 0. The highest BCUT2D eigenvalue weighted by Gasteiger charge is 2.28. The van der Waals surface area contributed by atoms with Crippen molar-refractivity contribution in [2.45, 2.75) is 32.0 Å². The molecule has 0 spiro atoms. The molecule has 2 atom stereocenters. The van der Waals surface area contributed by atoms with Gasteiger partial charge in [0.05, 0.1) is 19.1 Å². The number of hydrogen-bond donors (Lipinski definition) is 2. The second-order valence-corrected chi connectivity index (χ2v) is 5.76. The lowest BCUT2D eigenvalue weighted by Crippen LogP contribution is -2.39. The van der Waals surface area contributed by atoms with Crippen molar-refractivity contribution in [3.63, 3.8) is 0 Å². The average molecular weight is 319 g/mol. The largest absolute Gasteiger partial charge is 0.394 e. The van der Waals surface area contributed by atoms with Crippen molar-refractivity contribution in [2.24, 2.45) is 5.92 Å². The van der Waals surface area contributed by atoms with Crippen LogP contribution < -0.4 is 0 Å². The maximum atomic E-state index is 12.4. The van der Waals surface area contributed by atoms with Crippen molar-refractivity contribution >= 4 is 0 Å². The minimum Gasteiger partial charge on any atom is -0.394 e. The molecular weight excluding hydrogens is 295 g/mol. The van der Waals surface area contributed by atoms with Crippen LogP contribution in [0.4, 0.5) is 13.2 Å². The second kappa shape index (κ2) is 9.12. The van der Waals surface area contributed by atoms with Gasteiger partial charge in [0.2, 0.25) is 0 Å². The minimum atomic E-state index is -4.22. The average Bonchev–Trinajstić information content (AvgIpc) is 2.44. The quantitative estimate of drug-likeness (QED) is 0.735. The predicted octanol–water partition coefficient (Wildman–Crippen LogP) is 2.47. The number of aliphatic hydroxyl groups is 2. The number of rotatable bonds is 9. The molecule has 2 N–H and O–H groups in total. The number of hydrogen-bond acceptors (Lipinski definition) is 3. The Balaban J connectivity index is 2.54. The summed E-state index contributed by atoms with van der Waals surface area (Å²) in [5.74, 6) is 0.154. The molecule has 1 rings (SSSR count). The van der Waals surface area contributed by atoms with E-state index in [1.165, 1.54) is 0 Å². The number of benzene rings is 1. The van der Waals surface area contributed by atoms with Gasteiger partial charge in [-0.1, -0.05) is 37.3 Å². The van der Waals surface area contributed by atoms with Gasteiger partial charge in [-0.15, -0.1) is 0 Å². The fourth-order valence-corrected chi connectivity index (χ4v) is 2.42. The molecule has 0 amide bonds. The lowest BCUT2D eigenvalue weighted by atomic mass is 10.0. The van der Waals surface area contributed by atoms with Crippen LogP contribution in [-0.4, -0.2) is 53.6 Å². The molecule has 6 heteroatoms. The first-order valence-corrected chi connectivity index (χ1v) is 7.42. The summed E-state index contributed by atoms with van der Waals surface area (Å²) in [6, 6.07) is 9.75. The molecule has 1 aromatic rings. The summed E-state index contributed by atoms with van der Waals surface area (Å²) in [5.41, 5.74) is 1.13. The van der Waals surface area contributed by atoms with E-state index in [4.69, 9.17) is 5.11 Å². The van der Waals surface area contributed by atoms with Crippen molar-refractivity contribution < 1.29 is 23.4 Å². The smallest absolute Gasteiger partial charge is 0.390 e. The number of aliphatic hydroxyl groups excluding tert-OH is 2. The maximum Gasteiger partial charge on any atom is 0.390 e. The van der Waals surface area contributed by atoms with E-state index >= 15 is 0 Å². The van der Waals surface area contributed by atoms with Gasteiger partial charge in [-0.3, -0.25) is 0 Å². The normalized spacial score (nSPS) is 15.0. The summed E-state index contributed by atoms with van der Waals surface area (Å²) in [5, 5.41) is 18.4. The summed E-state index contributed by atoms with van der Waals surface area (Å²) < 4.78 is 37.1. The summed E-state index contributed by atoms with van der Waals surface area (Å²) in [7, 11) is 0. The van der Waals surface area contributed by atoms with E-state index in [0.29, 0.717) is 6.54 Å². The highest BCUT2D eigenvalue weighted by molar-refractivity contribution is 5.15. The van der Waals surface area contributed by atoms with Crippen molar-refractivity contribution in [3.8, 4) is 0 Å². The molecule has 0 radical (unpaired) electrons. The third-order valence-corrected chi connectivity index (χ3v) is 3.39. The molecule has 22 heavy (non-hydrogen) atoms. The zero-order chi connectivity index (χ0) is 16.6. The topological polar surface area (TPSA) is 43.7 Å². The Morgan fingerprint density at radius 2 is 1.77 bits per heavy atom. The molecule has 1 aromatic carbocycles. The minimum absolute atomic E-state index is 0.0473. The summed E-state index contributed by atoms with van der Waals surface area (Å²) in [6.45, 7) is 1.85. The fourth-order valence-electron chi connectivity index (χ4n) is 2.42. The molecule has 0 aliphatic heterocycles. The molecule has 0 saturated heterocycles. The van der Waals surface area contributed by atoms with Gasteiger partial charge in [0, 0.05) is 19.6 Å². The third-order valence-electron chi connectivity index (χ3n) is 3.39. The third kappa shape index (κ3) is 8.36. The van der Waals surface area contributed by atoms with Crippen LogP contribution in [0.3, 0.4) is 0 Å². The lowest BCUT2D eigenvalue weighted by Gasteiger charge is -2.27. The van der Waals surface area contributed by atoms with E-state index in [-0.39, 0.29) is 19.0 Å². The zero-order valence-corrected chi connectivity index (χ0v) is 12.8. The lowest BCUT2D eigenvalue weighted by molar-refractivity contribution is -0.139. The Bertz CT molecular complexity index is 412. The highest BCUT2D eigenvalue weighted by atomic mass is 19.4. The molecule has 0 heterocycles. The monoisotopic (exact) mass is 319 g/mol. The number of nitrogens with zero attached hydrogens (tertiary/aromatic N) is 1. The summed E-state index contributed by atoms with van der Waals surface area (Å²) in [4.78, 5) is 1.57. The first kappa shape index (κ1) is 18.9. The molecule has 0 aliphatic rings. The maximum absolute atomic E-state index is 12.4. The van der Waals surface area contributed by atoms with Crippen molar-refractivity contribution in [1.82, 2.24) is 4.90 Å². The Kier molecular flexibility index (Phi) is 7.85. The van der Waals surface area contributed by atoms with E-state index in [1.54, 1.807) is 4.90 Å². The van der Waals surface area contributed by atoms with Crippen LogP contribution in [0.5, 0.6) is 0 Å². The standard InChI is InChI=1S/C16H24F3NO2/c1-13(9-14-5-3-2-4-6-14)10-20(11-15(22)12-21)8-7-16(17,18)19/h2-6,13,15,21-22H,7-12H2,1H3/t13-,15-/m0/s1. The van der Waals surface area contributed by atoms with Crippen LogP contribution in [0.25, 0.3) is 0 Å². The SMILES string of the molecule is C[C@@H](Cc1ccccc1)CN(CCC(F)(F)F)C[C@H](O)CO. The molecule has 3 nitrogen and oxygen atoms in total. The number of halogens is 3. The van der Waals surface area contributed by atoms with E-state index in [0.717, 1.165) is 12.0 Å². The van der Waals surface area contributed by atoms with Gasteiger partial charge in [0.1, 0.15) is 0 Å². The Morgan fingerprint density at radius 1 is 1.14 bits per heavy atom. The fraction of sp³-hybridized carbons (Fsp3) is 0.625. The molecule has 126 valence electrons. The van der Waals surface area contributed by atoms with Gasteiger partial charge in [0.25, 0.3) is 0 Å². The molecule has 0 unspecified atom stereocenters. The van der Waals surface area contributed by atoms with Crippen LogP contribution in [0.15, 0.2) is 30.3 Å². The van der Waals surface area contributed by atoms with Gasteiger partial charge in [-0.05, 0) is 17.9 Å². The Hall–Kier alpha value is -1.11. The second-order valence-electron chi connectivity index (χ2n) is 5.76. The Morgan fingerprint density at radius 3 is 2.32 bits per heavy atom. The van der Waals surface area contributed by atoms with Gasteiger partial charge in [-0.2, -0.15) is 13.2 Å². The number of alkyl halides is 3. The van der Waals surface area contributed by atoms with Gasteiger partial charge in [-0.25, -0.2) is 0 Å². The predicted molar refractivity (Wildman–Crippen MR) is 79.5 cm³/mol. The first-order chi connectivity index (χ1) is 10.3. The molecular formula is C16H24F3NO2. The molecule has 0 bridgehead atoms. The van der Waals surface area contributed by atoms with E-state index in [9.17, 15) is 18.3 Å². The van der Waals surface area contributed by atoms with Crippen LogP contribution in [-0.2, 0) is 6.42 Å². The van der Waals surface area contributed by atoms with Crippen molar-refractivity contribution in [1.29, 1.82) is 0 Å². The van der Waals surface area contributed by atoms with Crippen LogP contribution >= 0.6 is 0 Å². The Labute approximate surface area is 129 Å². The van der Waals surface area contributed by atoms with Gasteiger partial charge in [0.15, 0.2) is 0 Å². The molecule has 0 saturated carbocycles. The first-order valence-electron chi connectivity index (χ1n) is 7.42. The van der Waals surface area contributed by atoms with E-state index < -0.39 is 25.3 Å². The zero-order valence-electron chi connectivity index (χ0n) is 12.8. The summed E-state index contributed by atoms with van der Waals surface area (Å²) in [6.07, 6.45) is -5.38. The van der Waals surface area contributed by atoms with E-state index in [1.807, 2.05) is 37.3 Å². The van der Waals surface area contributed by atoms with Crippen LogP contribution in [0, 0.1) is 5.92 Å². The molecule has 0 fully saturated rings. The highest BCUT2D eigenvalue weighted by Crippen LogP contribution is 2.20. The van der Waals surface area contributed by atoms with Crippen molar-refractivity contribution in [2.75, 3.05) is 26.2 Å². The van der Waals surface area contributed by atoms with Gasteiger partial charge < -0.3 is 15.1 Å².